The standard InChI is InChI=1S/C12H18N6OS/c1-4-11(19-5-1)9-18-12(15-16-17-18)20-6-2-3-10-7-13-14-8-10/h7-8,11H,1-6,9H2,(H,13,14). The quantitative estimate of drug-likeness (QED) is 0.612. The third-order valence-electron chi connectivity index (χ3n) is 3.30. The van der Waals surface area contributed by atoms with E-state index in [4.69, 9.17) is 4.74 Å². The van der Waals surface area contributed by atoms with E-state index in [1.54, 1.807) is 11.8 Å². The van der Waals surface area contributed by atoms with Gasteiger partial charge in [0.2, 0.25) is 5.16 Å². The van der Waals surface area contributed by atoms with Crippen molar-refractivity contribution < 1.29 is 4.74 Å². The number of nitrogens with zero attached hydrogens (tertiary/aromatic N) is 5. The molecule has 3 rings (SSSR count). The van der Waals surface area contributed by atoms with Crippen LogP contribution in [0.15, 0.2) is 17.6 Å². The number of aromatic nitrogens is 6. The van der Waals surface area contributed by atoms with Crippen molar-refractivity contribution in [3.8, 4) is 0 Å². The average molecular weight is 294 g/mol. The van der Waals surface area contributed by atoms with Gasteiger partial charge in [-0.05, 0) is 41.7 Å². The molecule has 1 aliphatic heterocycles. The zero-order valence-corrected chi connectivity index (χ0v) is 12.1. The number of hydrogen-bond acceptors (Lipinski definition) is 6. The van der Waals surface area contributed by atoms with Crippen LogP contribution in [-0.4, -0.2) is 48.9 Å². The fourth-order valence-electron chi connectivity index (χ4n) is 2.25. The molecule has 0 saturated carbocycles. The summed E-state index contributed by atoms with van der Waals surface area (Å²) < 4.78 is 7.48. The van der Waals surface area contributed by atoms with Crippen molar-refractivity contribution in [3.05, 3.63) is 18.0 Å². The van der Waals surface area contributed by atoms with Crippen LogP contribution in [0.2, 0.25) is 0 Å². The molecule has 0 aromatic carbocycles. The van der Waals surface area contributed by atoms with Gasteiger partial charge < -0.3 is 4.74 Å². The zero-order valence-electron chi connectivity index (χ0n) is 11.2. The molecule has 108 valence electrons. The van der Waals surface area contributed by atoms with E-state index in [1.807, 2.05) is 17.1 Å². The molecule has 1 unspecified atom stereocenters. The molecule has 0 radical (unpaired) electrons. The van der Waals surface area contributed by atoms with E-state index in [9.17, 15) is 0 Å². The van der Waals surface area contributed by atoms with Gasteiger partial charge in [-0.3, -0.25) is 5.10 Å². The van der Waals surface area contributed by atoms with Crippen molar-refractivity contribution in [2.24, 2.45) is 0 Å². The number of hydrogen-bond donors (Lipinski definition) is 1. The summed E-state index contributed by atoms with van der Waals surface area (Å²) in [6, 6.07) is 0. The molecule has 20 heavy (non-hydrogen) atoms. The van der Waals surface area contributed by atoms with Gasteiger partial charge in [-0.15, -0.1) is 5.10 Å². The molecule has 1 aliphatic rings. The lowest BCUT2D eigenvalue weighted by Crippen LogP contribution is -2.16. The minimum Gasteiger partial charge on any atom is -0.376 e. The number of aryl methyl sites for hydroxylation is 1. The maximum Gasteiger partial charge on any atom is 0.209 e. The molecule has 1 atom stereocenters. The number of ether oxygens (including phenoxy) is 1. The van der Waals surface area contributed by atoms with Gasteiger partial charge >= 0.3 is 0 Å². The Morgan fingerprint density at radius 1 is 1.50 bits per heavy atom. The first kappa shape index (κ1) is 13.6. The molecule has 8 heteroatoms. The van der Waals surface area contributed by atoms with Crippen LogP contribution in [0.4, 0.5) is 0 Å². The summed E-state index contributed by atoms with van der Waals surface area (Å²) in [6.07, 6.45) is 8.42. The summed E-state index contributed by atoms with van der Waals surface area (Å²) in [5.74, 6) is 0.997. The highest BCUT2D eigenvalue weighted by atomic mass is 32.2. The summed E-state index contributed by atoms with van der Waals surface area (Å²) in [5, 5.41) is 19.5. The predicted molar refractivity (Wildman–Crippen MR) is 74.4 cm³/mol. The van der Waals surface area contributed by atoms with Crippen LogP contribution >= 0.6 is 11.8 Å². The first-order valence-electron chi connectivity index (χ1n) is 6.90. The molecule has 1 fully saturated rings. The van der Waals surface area contributed by atoms with Crippen molar-refractivity contribution in [2.45, 2.75) is 43.5 Å². The van der Waals surface area contributed by atoms with Gasteiger partial charge in [0.05, 0.1) is 18.8 Å². The van der Waals surface area contributed by atoms with Crippen molar-refractivity contribution in [1.82, 2.24) is 30.4 Å². The Morgan fingerprint density at radius 2 is 2.50 bits per heavy atom. The lowest BCUT2D eigenvalue weighted by Gasteiger charge is -2.09. The van der Waals surface area contributed by atoms with E-state index in [0.717, 1.165) is 49.7 Å². The largest absolute Gasteiger partial charge is 0.376 e. The van der Waals surface area contributed by atoms with Crippen molar-refractivity contribution in [2.75, 3.05) is 12.4 Å². The van der Waals surface area contributed by atoms with Gasteiger partial charge in [-0.2, -0.15) is 5.10 Å². The summed E-state index contributed by atoms with van der Waals surface area (Å²) in [6.45, 7) is 1.62. The van der Waals surface area contributed by atoms with Crippen LogP contribution < -0.4 is 0 Å². The Morgan fingerprint density at radius 3 is 3.30 bits per heavy atom. The van der Waals surface area contributed by atoms with Gasteiger partial charge in [0, 0.05) is 18.6 Å². The van der Waals surface area contributed by atoms with Crippen LogP contribution in [-0.2, 0) is 17.7 Å². The van der Waals surface area contributed by atoms with E-state index in [1.165, 1.54) is 5.56 Å². The molecular formula is C12H18N6OS. The van der Waals surface area contributed by atoms with E-state index in [2.05, 4.69) is 25.7 Å². The lowest BCUT2D eigenvalue weighted by molar-refractivity contribution is 0.0912. The molecule has 7 nitrogen and oxygen atoms in total. The second-order valence-electron chi connectivity index (χ2n) is 4.84. The van der Waals surface area contributed by atoms with Gasteiger partial charge in [0.25, 0.3) is 0 Å². The van der Waals surface area contributed by atoms with Gasteiger partial charge in [0.15, 0.2) is 0 Å². The number of nitrogens with one attached hydrogen (secondary N) is 1. The molecule has 3 heterocycles. The van der Waals surface area contributed by atoms with Crippen LogP contribution in [0.25, 0.3) is 0 Å². The summed E-state index contributed by atoms with van der Waals surface area (Å²) in [5.41, 5.74) is 1.24. The molecule has 1 N–H and O–H groups in total. The number of rotatable bonds is 7. The first-order valence-corrected chi connectivity index (χ1v) is 7.88. The Labute approximate surface area is 121 Å². The maximum absolute atomic E-state index is 5.62. The maximum atomic E-state index is 5.62. The number of thioether (sulfide) groups is 1. The van der Waals surface area contributed by atoms with E-state index in [0.29, 0.717) is 0 Å². The Hall–Kier alpha value is -1.41. The minimum atomic E-state index is 0.267. The molecule has 2 aromatic heterocycles. The summed E-state index contributed by atoms with van der Waals surface area (Å²) in [4.78, 5) is 0. The van der Waals surface area contributed by atoms with Crippen molar-refractivity contribution in [1.29, 1.82) is 0 Å². The normalized spacial score (nSPS) is 18.7. The fraction of sp³-hybridized carbons (Fsp3) is 0.667. The second-order valence-corrected chi connectivity index (χ2v) is 5.90. The Bertz CT molecular complexity index is 508. The van der Waals surface area contributed by atoms with Crippen LogP contribution in [0.1, 0.15) is 24.8 Å². The van der Waals surface area contributed by atoms with Gasteiger partial charge in [-0.1, -0.05) is 11.8 Å². The fourth-order valence-corrected chi connectivity index (χ4v) is 3.08. The second kappa shape index (κ2) is 6.85. The summed E-state index contributed by atoms with van der Waals surface area (Å²) >= 11 is 1.70. The molecular weight excluding hydrogens is 276 g/mol. The number of aromatic amines is 1. The highest BCUT2D eigenvalue weighted by Gasteiger charge is 2.18. The molecule has 0 aliphatic carbocycles. The van der Waals surface area contributed by atoms with Crippen molar-refractivity contribution in [3.63, 3.8) is 0 Å². The zero-order chi connectivity index (χ0) is 13.6. The Kier molecular flexibility index (Phi) is 4.65. The highest BCUT2D eigenvalue weighted by Crippen LogP contribution is 2.19. The molecule has 0 spiro atoms. The molecule has 2 aromatic rings. The highest BCUT2D eigenvalue weighted by molar-refractivity contribution is 7.99. The SMILES string of the molecule is c1n[nH]cc1CCCSc1nnnn1CC1CCCO1. The van der Waals surface area contributed by atoms with E-state index in [-0.39, 0.29) is 6.10 Å². The monoisotopic (exact) mass is 294 g/mol. The van der Waals surface area contributed by atoms with E-state index >= 15 is 0 Å². The van der Waals surface area contributed by atoms with E-state index < -0.39 is 0 Å². The number of H-pyrrole nitrogens is 1. The van der Waals surface area contributed by atoms with Crippen LogP contribution in [0.5, 0.6) is 0 Å². The lowest BCUT2D eigenvalue weighted by atomic mass is 10.2. The first-order chi connectivity index (χ1) is 9.92. The summed E-state index contributed by atoms with van der Waals surface area (Å²) in [7, 11) is 0. The number of tetrazole rings is 1. The van der Waals surface area contributed by atoms with Crippen LogP contribution in [0, 0.1) is 0 Å². The van der Waals surface area contributed by atoms with Gasteiger partial charge in [-0.25, -0.2) is 4.68 Å². The van der Waals surface area contributed by atoms with Crippen molar-refractivity contribution >= 4 is 11.8 Å². The average Bonchev–Trinajstić information content (AvgIpc) is 3.19. The third-order valence-corrected chi connectivity index (χ3v) is 4.34. The van der Waals surface area contributed by atoms with Crippen LogP contribution in [0.3, 0.4) is 0 Å². The molecule has 0 amide bonds. The van der Waals surface area contributed by atoms with Gasteiger partial charge in [0.1, 0.15) is 0 Å². The topological polar surface area (TPSA) is 81.5 Å². The minimum absolute atomic E-state index is 0.267. The third kappa shape index (κ3) is 3.57. The molecule has 1 saturated heterocycles. The Balaban J connectivity index is 1.44. The predicted octanol–water partition coefficient (Wildman–Crippen LogP) is 1.30. The smallest absolute Gasteiger partial charge is 0.209 e. The molecule has 0 bridgehead atoms.